The van der Waals surface area contributed by atoms with E-state index in [2.05, 4.69) is 5.32 Å². The number of amides is 1. The van der Waals surface area contributed by atoms with Gasteiger partial charge in [-0.25, -0.2) is 0 Å². The van der Waals surface area contributed by atoms with Crippen molar-refractivity contribution in [2.75, 3.05) is 5.32 Å². The molecule has 1 aliphatic rings. The van der Waals surface area contributed by atoms with Crippen molar-refractivity contribution in [1.29, 1.82) is 0 Å². The molecule has 0 saturated carbocycles. The van der Waals surface area contributed by atoms with Gasteiger partial charge in [0.05, 0.1) is 16.3 Å². The molecule has 0 bridgehead atoms. The van der Waals surface area contributed by atoms with Crippen LogP contribution < -0.4 is 5.32 Å². The summed E-state index contributed by atoms with van der Waals surface area (Å²) in [5, 5.41) is 3.73. The minimum atomic E-state index is -0.595. The van der Waals surface area contributed by atoms with E-state index in [1.54, 1.807) is 36.4 Å². The van der Waals surface area contributed by atoms with E-state index in [1.165, 1.54) is 11.8 Å². The Hall–Kier alpha value is -1.49. The van der Waals surface area contributed by atoms with Crippen LogP contribution in [0.15, 0.2) is 46.2 Å². The van der Waals surface area contributed by atoms with Gasteiger partial charge in [0.15, 0.2) is 0 Å². The summed E-state index contributed by atoms with van der Waals surface area (Å²) in [6, 6.07) is 10.4. The van der Waals surface area contributed by atoms with Crippen molar-refractivity contribution < 1.29 is 9.59 Å². The summed E-state index contributed by atoms with van der Waals surface area (Å²) in [5.74, 6) is -1.10. The maximum Gasteiger partial charge on any atom is 0.296 e. The lowest BCUT2D eigenvalue weighted by molar-refractivity contribution is -0.112. The molecule has 0 radical (unpaired) electrons. The van der Waals surface area contributed by atoms with Gasteiger partial charge >= 0.3 is 0 Å². The van der Waals surface area contributed by atoms with Gasteiger partial charge in [0.25, 0.3) is 11.7 Å². The quantitative estimate of drug-likeness (QED) is 0.839. The van der Waals surface area contributed by atoms with Crippen molar-refractivity contribution >= 4 is 52.3 Å². The van der Waals surface area contributed by atoms with Crippen LogP contribution in [0.4, 0.5) is 5.69 Å². The van der Waals surface area contributed by atoms with Gasteiger partial charge in [0.1, 0.15) is 0 Å². The zero-order valence-electron chi connectivity index (χ0n) is 9.94. The number of ketones is 1. The Morgan fingerprint density at radius 1 is 1.00 bits per heavy atom. The smallest absolute Gasteiger partial charge is 0.296 e. The van der Waals surface area contributed by atoms with Crippen LogP contribution in [0.5, 0.6) is 0 Å². The summed E-state index contributed by atoms with van der Waals surface area (Å²) in [5.41, 5.74) is 0.930. The first-order chi connectivity index (χ1) is 9.54. The van der Waals surface area contributed by atoms with Gasteiger partial charge in [0.2, 0.25) is 0 Å². The molecule has 6 heteroatoms. The highest BCUT2D eigenvalue weighted by molar-refractivity contribution is 7.99. The second-order valence-corrected chi connectivity index (χ2v) is 6.13. The molecule has 0 unspecified atom stereocenters. The van der Waals surface area contributed by atoms with Crippen LogP contribution in [0.2, 0.25) is 10.0 Å². The van der Waals surface area contributed by atoms with Crippen LogP contribution in [0, 0.1) is 0 Å². The molecular formula is C14H7Cl2NO2S. The molecule has 0 atom stereocenters. The number of halogens is 2. The second-order valence-electron chi connectivity index (χ2n) is 4.17. The summed E-state index contributed by atoms with van der Waals surface area (Å²) in [6.45, 7) is 0. The summed E-state index contributed by atoms with van der Waals surface area (Å²) in [7, 11) is 0. The van der Waals surface area contributed by atoms with E-state index in [0.29, 0.717) is 21.3 Å². The fraction of sp³-hybridized carbons (Fsp3) is 0. The van der Waals surface area contributed by atoms with Gasteiger partial charge in [-0.1, -0.05) is 35.0 Å². The van der Waals surface area contributed by atoms with Gasteiger partial charge in [-0.05, 0) is 36.4 Å². The largest absolute Gasteiger partial charge is 0.318 e. The van der Waals surface area contributed by atoms with Gasteiger partial charge in [-0.2, -0.15) is 0 Å². The highest BCUT2D eigenvalue weighted by Gasteiger charge is 2.27. The Labute approximate surface area is 129 Å². The first kappa shape index (κ1) is 13.5. The highest BCUT2D eigenvalue weighted by atomic mass is 35.5. The van der Waals surface area contributed by atoms with Crippen LogP contribution in [0.1, 0.15) is 10.4 Å². The first-order valence-electron chi connectivity index (χ1n) is 5.67. The van der Waals surface area contributed by atoms with Crippen molar-refractivity contribution in [2.45, 2.75) is 9.79 Å². The molecule has 1 heterocycles. The highest BCUT2D eigenvalue weighted by Crippen LogP contribution is 2.37. The molecular weight excluding hydrogens is 317 g/mol. The number of rotatable bonds is 2. The molecule has 1 N–H and O–H groups in total. The van der Waals surface area contributed by atoms with E-state index in [4.69, 9.17) is 23.2 Å². The van der Waals surface area contributed by atoms with E-state index in [0.717, 1.165) is 9.79 Å². The molecule has 0 aromatic heterocycles. The van der Waals surface area contributed by atoms with Crippen LogP contribution >= 0.6 is 35.0 Å². The van der Waals surface area contributed by atoms with Gasteiger partial charge in [-0.15, -0.1) is 0 Å². The number of Topliss-reactive ketones (excluding diaryl/α,β-unsaturated/α-hetero) is 1. The molecule has 2 aromatic rings. The van der Waals surface area contributed by atoms with Crippen LogP contribution in [0.3, 0.4) is 0 Å². The number of hydrogen-bond acceptors (Lipinski definition) is 3. The third-order valence-electron chi connectivity index (χ3n) is 2.81. The van der Waals surface area contributed by atoms with E-state index < -0.39 is 11.7 Å². The molecule has 100 valence electrons. The monoisotopic (exact) mass is 323 g/mol. The van der Waals surface area contributed by atoms with E-state index in [1.807, 2.05) is 0 Å². The van der Waals surface area contributed by atoms with E-state index >= 15 is 0 Å². The van der Waals surface area contributed by atoms with Gasteiger partial charge < -0.3 is 5.32 Å². The number of hydrogen-bond donors (Lipinski definition) is 1. The van der Waals surface area contributed by atoms with Crippen LogP contribution in [-0.2, 0) is 4.79 Å². The maximum absolute atomic E-state index is 11.5. The van der Waals surface area contributed by atoms with Crippen molar-refractivity contribution in [2.24, 2.45) is 0 Å². The number of carbonyl (C=O) groups is 2. The van der Waals surface area contributed by atoms with Gasteiger partial charge in [-0.3, -0.25) is 9.59 Å². The zero-order valence-corrected chi connectivity index (χ0v) is 12.3. The van der Waals surface area contributed by atoms with Gasteiger partial charge in [0, 0.05) is 14.8 Å². The molecule has 0 saturated heterocycles. The number of nitrogens with one attached hydrogen (secondary N) is 1. The van der Waals surface area contributed by atoms with Crippen LogP contribution in [0.25, 0.3) is 0 Å². The SMILES string of the molecule is O=C1Nc2cc(Sc3cc(Cl)ccc3Cl)ccc2C1=O. The second kappa shape index (κ2) is 5.13. The van der Waals surface area contributed by atoms with Crippen molar-refractivity contribution in [3.8, 4) is 0 Å². The maximum atomic E-state index is 11.5. The van der Waals surface area contributed by atoms with Crippen molar-refractivity contribution in [3.05, 3.63) is 52.0 Å². The summed E-state index contributed by atoms with van der Waals surface area (Å²) >= 11 is 13.5. The fourth-order valence-electron chi connectivity index (χ4n) is 1.87. The zero-order chi connectivity index (χ0) is 14.3. The normalized spacial score (nSPS) is 13.3. The molecule has 2 aromatic carbocycles. The molecule has 3 rings (SSSR count). The number of benzene rings is 2. The molecule has 1 amide bonds. The lowest BCUT2D eigenvalue weighted by atomic mass is 10.1. The van der Waals surface area contributed by atoms with Crippen LogP contribution in [-0.4, -0.2) is 11.7 Å². The third-order valence-corrected chi connectivity index (χ3v) is 4.54. The molecule has 1 aliphatic heterocycles. The predicted octanol–water partition coefficient (Wildman–Crippen LogP) is 4.28. The van der Waals surface area contributed by atoms with E-state index in [-0.39, 0.29) is 0 Å². The number of anilines is 1. The Bertz CT molecular complexity index is 746. The number of carbonyl (C=O) groups excluding carboxylic acids is 2. The minimum absolute atomic E-state index is 0.400. The number of fused-ring (bicyclic) bond motifs is 1. The third kappa shape index (κ3) is 2.42. The Morgan fingerprint density at radius 3 is 2.60 bits per heavy atom. The lowest BCUT2D eigenvalue weighted by Crippen LogP contribution is -2.12. The Morgan fingerprint density at radius 2 is 1.80 bits per heavy atom. The molecule has 0 aliphatic carbocycles. The Balaban J connectivity index is 1.93. The summed E-state index contributed by atoms with van der Waals surface area (Å²) < 4.78 is 0. The lowest BCUT2D eigenvalue weighted by Gasteiger charge is -2.06. The first-order valence-corrected chi connectivity index (χ1v) is 7.24. The summed E-state index contributed by atoms with van der Waals surface area (Å²) in [6.07, 6.45) is 0. The van der Waals surface area contributed by atoms with Crippen molar-refractivity contribution in [3.63, 3.8) is 0 Å². The topological polar surface area (TPSA) is 46.2 Å². The van der Waals surface area contributed by atoms with Crippen molar-refractivity contribution in [1.82, 2.24) is 0 Å². The minimum Gasteiger partial charge on any atom is -0.318 e. The van der Waals surface area contributed by atoms with E-state index in [9.17, 15) is 9.59 Å². The average Bonchev–Trinajstić information content (AvgIpc) is 2.69. The molecule has 20 heavy (non-hydrogen) atoms. The standard InChI is InChI=1S/C14H7Cl2NO2S/c15-7-1-4-10(16)12(5-7)20-8-2-3-9-11(6-8)17-14(19)13(9)18/h1-6H,(H,17,18,19). The molecule has 0 spiro atoms. The molecule has 0 fully saturated rings. The Kier molecular flexibility index (Phi) is 3.46. The fourth-order valence-corrected chi connectivity index (χ4v) is 3.26. The predicted molar refractivity (Wildman–Crippen MR) is 80.0 cm³/mol. The molecule has 3 nitrogen and oxygen atoms in total. The summed E-state index contributed by atoms with van der Waals surface area (Å²) in [4.78, 5) is 24.5. The average molecular weight is 324 g/mol.